The minimum absolute atomic E-state index is 0.356. The molecular weight excluding hydrogens is 292 g/mol. The lowest BCUT2D eigenvalue weighted by molar-refractivity contribution is 0.217. The molecule has 3 rings (SSSR count). The van der Waals surface area contributed by atoms with Gasteiger partial charge in [-0.15, -0.1) is 0 Å². The first-order valence-electron chi connectivity index (χ1n) is 6.90. The van der Waals surface area contributed by atoms with Crippen LogP contribution in [0.1, 0.15) is 38.0 Å². The van der Waals surface area contributed by atoms with Gasteiger partial charge in [0, 0.05) is 19.1 Å². The fraction of sp³-hybridized carbons (Fsp3) is 0.714. The van der Waals surface area contributed by atoms with E-state index in [4.69, 9.17) is 10.2 Å². The molecule has 2 N–H and O–H groups in total. The molecule has 2 fully saturated rings. The summed E-state index contributed by atoms with van der Waals surface area (Å²) in [6.45, 7) is 4.54. The van der Waals surface area contributed by atoms with Crippen LogP contribution in [-0.4, -0.2) is 24.0 Å². The number of hydrogen-bond acceptors (Lipinski definition) is 3. The molecule has 0 radical (unpaired) electrons. The van der Waals surface area contributed by atoms with Crippen LogP contribution in [0.3, 0.4) is 0 Å². The normalized spacial score (nSPS) is 34.5. The lowest BCUT2D eigenvalue weighted by Crippen LogP contribution is -2.38. The summed E-state index contributed by atoms with van der Waals surface area (Å²) in [6, 6.07) is 4.80. The third-order valence-corrected chi connectivity index (χ3v) is 5.16. The molecule has 0 aromatic carbocycles. The summed E-state index contributed by atoms with van der Waals surface area (Å²) < 4.78 is 6.50. The quantitative estimate of drug-likeness (QED) is 0.912. The van der Waals surface area contributed by atoms with Gasteiger partial charge in [-0.05, 0) is 59.7 Å². The number of likely N-dealkylation sites (tertiary alicyclic amines) is 1. The first-order valence-corrected chi connectivity index (χ1v) is 7.69. The highest BCUT2D eigenvalue weighted by Gasteiger charge is 2.40. The molecule has 4 heteroatoms. The summed E-state index contributed by atoms with van der Waals surface area (Å²) in [7, 11) is 0. The molecule has 2 heterocycles. The largest absolute Gasteiger partial charge is 0.453 e. The fourth-order valence-electron chi connectivity index (χ4n) is 3.60. The van der Waals surface area contributed by atoms with E-state index >= 15 is 0 Å². The van der Waals surface area contributed by atoms with E-state index in [1.54, 1.807) is 0 Å². The highest BCUT2D eigenvalue weighted by molar-refractivity contribution is 9.10. The van der Waals surface area contributed by atoms with Crippen LogP contribution in [0, 0.1) is 11.8 Å². The number of nitrogens with two attached hydrogens (primary N) is 1. The van der Waals surface area contributed by atoms with Crippen LogP contribution in [0.5, 0.6) is 0 Å². The van der Waals surface area contributed by atoms with Gasteiger partial charge in [0.25, 0.3) is 0 Å². The Morgan fingerprint density at radius 3 is 2.89 bits per heavy atom. The molecule has 3 nitrogen and oxygen atoms in total. The van der Waals surface area contributed by atoms with Crippen LogP contribution < -0.4 is 5.73 Å². The van der Waals surface area contributed by atoms with E-state index in [0.29, 0.717) is 18.0 Å². The van der Waals surface area contributed by atoms with Crippen molar-refractivity contribution in [2.75, 3.05) is 13.1 Å². The fourth-order valence-corrected chi connectivity index (χ4v) is 3.92. The molecule has 100 valence electrons. The molecule has 0 amide bonds. The average Bonchev–Trinajstić information content (AvgIpc) is 2.95. The Balaban J connectivity index is 1.71. The van der Waals surface area contributed by atoms with Crippen molar-refractivity contribution in [2.24, 2.45) is 17.6 Å². The molecule has 0 spiro atoms. The average molecular weight is 313 g/mol. The number of fused-ring (bicyclic) bond motifs is 1. The van der Waals surface area contributed by atoms with Crippen molar-refractivity contribution in [1.82, 2.24) is 4.90 Å². The van der Waals surface area contributed by atoms with Crippen LogP contribution in [0.2, 0.25) is 0 Å². The molecule has 18 heavy (non-hydrogen) atoms. The second kappa shape index (κ2) is 4.99. The summed E-state index contributed by atoms with van der Waals surface area (Å²) in [4.78, 5) is 2.53. The number of hydrogen-bond donors (Lipinski definition) is 1. The molecular formula is C14H21BrN2O. The Morgan fingerprint density at radius 2 is 2.22 bits per heavy atom. The van der Waals surface area contributed by atoms with Gasteiger partial charge in [-0.25, -0.2) is 0 Å². The maximum Gasteiger partial charge on any atom is 0.169 e. The Bertz CT molecular complexity index is 420. The number of nitrogens with zero attached hydrogens (tertiary/aromatic N) is 1. The molecule has 1 saturated carbocycles. The Kier molecular flexibility index (Phi) is 3.52. The predicted octanol–water partition coefficient (Wildman–Crippen LogP) is 3.16. The maximum atomic E-state index is 6.27. The second-order valence-corrected chi connectivity index (χ2v) is 6.57. The van der Waals surface area contributed by atoms with Crippen LogP contribution in [-0.2, 0) is 0 Å². The van der Waals surface area contributed by atoms with Gasteiger partial charge in [0.15, 0.2) is 4.67 Å². The lowest BCUT2D eigenvalue weighted by atomic mass is 9.78. The third-order valence-electron chi connectivity index (χ3n) is 4.74. The predicted molar refractivity (Wildman–Crippen MR) is 75.2 cm³/mol. The summed E-state index contributed by atoms with van der Waals surface area (Å²) in [6.07, 6.45) is 3.86. The lowest BCUT2D eigenvalue weighted by Gasteiger charge is -2.30. The van der Waals surface area contributed by atoms with Gasteiger partial charge in [0.2, 0.25) is 0 Å². The SMILES string of the molecule is CC(c1ccc(Br)o1)N1CC2CCCC(N)C2C1. The summed E-state index contributed by atoms with van der Waals surface area (Å²) in [5, 5.41) is 0. The van der Waals surface area contributed by atoms with Crippen molar-refractivity contribution in [3.8, 4) is 0 Å². The molecule has 1 aromatic heterocycles. The summed E-state index contributed by atoms with van der Waals surface area (Å²) >= 11 is 3.37. The third kappa shape index (κ3) is 2.26. The van der Waals surface area contributed by atoms with Crippen molar-refractivity contribution >= 4 is 15.9 Å². The zero-order valence-corrected chi connectivity index (χ0v) is 12.4. The highest BCUT2D eigenvalue weighted by atomic mass is 79.9. The van der Waals surface area contributed by atoms with Crippen LogP contribution in [0.15, 0.2) is 21.2 Å². The molecule has 4 atom stereocenters. The molecule has 0 bridgehead atoms. The van der Waals surface area contributed by atoms with Gasteiger partial charge < -0.3 is 10.2 Å². The van der Waals surface area contributed by atoms with E-state index in [9.17, 15) is 0 Å². The highest BCUT2D eigenvalue weighted by Crippen LogP contribution is 2.39. The van der Waals surface area contributed by atoms with Crippen molar-refractivity contribution in [3.63, 3.8) is 0 Å². The van der Waals surface area contributed by atoms with Gasteiger partial charge in [-0.1, -0.05) is 6.42 Å². The number of furan rings is 1. The Morgan fingerprint density at radius 1 is 1.39 bits per heavy atom. The zero-order valence-electron chi connectivity index (χ0n) is 10.8. The van der Waals surface area contributed by atoms with Crippen LogP contribution in [0.25, 0.3) is 0 Å². The monoisotopic (exact) mass is 312 g/mol. The van der Waals surface area contributed by atoms with E-state index in [-0.39, 0.29) is 0 Å². The number of halogens is 1. The molecule has 1 saturated heterocycles. The Hall–Kier alpha value is -0.320. The van der Waals surface area contributed by atoms with Gasteiger partial charge in [-0.2, -0.15) is 0 Å². The molecule has 2 aliphatic rings. The Labute approximate surface area is 117 Å². The van der Waals surface area contributed by atoms with E-state index in [2.05, 4.69) is 33.8 Å². The molecule has 1 aliphatic carbocycles. The first-order chi connectivity index (χ1) is 8.65. The van der Waals surface area contributed by atoms with Crippen molar-refractivity contribution in [1.29, 1.82) is 0 Å². The van der Waals surface area contributed by atoms with Crippen LogP contribution >= 0.6 is 15.9 Å². The molecule has 1 aliphatic heterocycles. The van der Waals surface area contributed by atoms with Crippen molar-refractivity contribution < 1.29 is 4.42 Å². The topological polar surface area (TPSA) is 42.4 Å². The van der Waals surface area contributed by atoms with Gasteiger partial charge in [0.1, 0.15) is 5.76 Å². The van der Waals surface area contributed by atoms with E-state index < -0.39 is 0 Å². The molecule has 1 aromatic rings. The number of rotatable bonds is 2. The minimum Gasteiger partial charge on any atom is -0.453 e. The van der Waals surface area contributed by atoms with Gasteiger partial charge >= 0.3 is 0 Å². The standard InChI is InChI=1S/C14H21BrN2O/c1-9(13-5-6-14(15)18-13)17-7-10-3-2-4-12(16)11(10)8-17/h5-6,9-12H,2-4,7-8,16H2,1H3. The summed E-state index contributed by atoms with van der Waals surface area (Å²) in [5.74, 6) is 2.54. The van der Waals surface area contributed by atoms with Crippen molar-refractivity contribution in [3.05, 3.63) is 22.6 Å². The van der Waals surface area contributed by atoms with Gasteiger partial charge in [-0.3, -0.25) is 4.90 Å². The minimum atomic E-state index is 0.356. The molecule has 4 unspecified atom stereocenters. The van der Waals surface area contributed by atoms with E-state index in [0.717, 1.165) is 22.9 Å². The van der Waals surface area contributed by atoms with Crippen LogP contribution in [0.4, 0.5) is 0 Å². The first kappa shape index (κ1) is 12.7. The summed E-state index contributed by atoms with van der Waals surface area (Å²) in [5.41, 5.74) is 6.27. The van der Waals surface area contributed by atoms with Crippen molar-refractivity contribution in [2.45, 2.75) is 38.3 Å². The van der Waals surface area contributed by atoms with E-state index in [1.165, 1.54) is 25.8 Å². The zero-order chi connectivity index (χ0) is 12.7. The smallest absolute Gasteiger partial charge is 0.169 e. The van der Waals surface area contributed by atoms with E-state index in [1.807, 2.05) is 6.07 Å². The second-order valence-electron chi connectivity index (χ2n) is 5.79. The van der Waals surface area contributed by atoms with Gasteiger partial charge in [0.05, 0.1) is 6.04 Å². The maximum absolute atomic E-state index is 6.27.